The van der Waals surface area contributed by atoms with Crippen molar-refractivity contribution in [2.75, 3.05) is 141 Å². The van der Waals surface area contributed by atoms with Crippen LogP contribution in [0.4, 0.5) is 0 Å². The van der Waals surface area contributed by atoms with Gasteiger partial charge >= 0.3 is 35.8 Å². The summed E-state index contributed by atoms with van der Waals surface area (Å²) in [5.74, 6) is 0.659. The van der Waals surface area contributed by atoms with Crippen molar-refractivity contribution in [2.24, 2.45) is 17.8 Å². The molecule has 6 saturated heterocycles. The number of nitrogens with zero attached hydrogens (tertiary/aromatic N) is 6. The second-order valence-electron chi connectivity index (χ2n) is 34.6. The van der Waals surface area contributed by atoms with Gasteiger partial charge in [-0.15, -0.1) is 0 Å². The first-order valence-corrected chi connectivity index (χ1v) is 44.7. The number of ether oxygens (including phenoxy) is 6. The number of esters is 6. The Morgan fingerprint density at radius 1 is 0.309 bits per heavy atom. The summed E-state index contributed by atoms with van der Waals surface area (Å²) in [6.45, 7) is 29.5. The fourth-order valence-electron chi connectivity index (χ4n) is 18.6. The average Bonchev–Trinajstić information content (AvgIpc) is 1.80. The summed E-state index contributed by atoms with van der Waals surface area (Å²) in [7, 11) is 12.5. The first-order chi connectivity index (χ1) is 58.7. The first kappa shape index (κ1) is 101. The van der Waals surface area contributed by atoms with E-state index in [1.54, 1.807) is 85.8 Å². The summed E-state index contributed by atoms with van der Waals surface area (Å²) in [6, 6.07) is 42.6. The lowest BCUT2D eigenvalue weighted by Crippen LogP contribution is -2.41. The summed E-state index contributed by atoms with van der Waals surface area (Å²) in [6.07, 6.45) is 13.6. The van der Waals surface area contributed by atoms with E-state index in [2.05, 4.69) is 92.5 Å². The zero-order chi connectivity index (χ0) is 90.1. The maximum absolute atomic E-state index is 12.6. The van der Waals surface area contributed by atoms with Crippen molar-refractivity contribution in [2.45, 2.75) is 211 Å². The molecule has 123 heavy (non-hydrogen) atoms. The minimum absolute atomic E-state index is 0.119. The van der Waals surface area contributed by atoms with Crippen molar-refractivity contribution >= 4 is 35.8 Å². The van der Waals surface area contributed by atoms with Gasteiger partial charge in [-0.2, -0.15) is 0 Å². The van der Waals surface area contributed by atoms with Crippen LogP contribution in [-0.2, 0) is 90.2 Å². The number of likely N-dealkylation sites (tertiary alicyclic amines) is 6. The summed E-state index contributed by atoms with van der Waals surface area (Å²) in [5, 5.41) is 59.0. The van der Waals surface area contributed by atoms with Crippen LogP contribution in [0.15, 0.2) is 146 Å². The van der Waals surface area contributed by atoms with E-state index in [0.717, 1.165) is 190 Å². The van der Waals surface area contributed by atoms with Crippen LogP contribution in [0.1, 0.15) is 211 Å². The van der Waals surface area contributed by atoms with E-state index >= 15 is 0 Å². The molecular weight excluding hydrogens is 1560 g/mol. The van der Waals surface area contributed by atoms with Gasteiger partial charge in [-0.05, 0) is 301 Å². The lowest BCUT2D eigenvalue weighted by Gasteiger charge is -2.38. The zero-order valence-electron chi connectivity index (χ0n) is 76.2. The summed E-state index contributed by atoms with van der Waals surface area (Å²) in [4.78, 5) is 87.2. The molecule has 0 saturated carbocycles. The summed E-state index contributed by atoms with van der Waals surface area (Å²) >= 11 is 0. The average molecular weight is 1710 g/mol. The fraction of sp³-hybridized carbons (Fsp3) is 0.576. The molecule has 6 N–H and O–H groups in total. The molecule has 0 radical (unpaired) electrons. The van der Waals surface area contributed by atoms with Gasteiger partial charge in [-0.25, -0.2) is 0 Å². The Kier molecular flexibility index (Phi) is 39.5. The molecule has 6 fully saturated rings. The Bertz CT molecular complexity index is 4280. The lowest BCUT2D eigenvalue weighted by molar-refractivity contribution is -0.169. The van der Waals surface area contributed by atoms with Gasteiger partial charge in [-0.1, -0.05) is 126 Å². The number of para-hydroxylation sites is 2. The minimum Gasteiger partial charge on any atom is -0.508 e. The monoisotopic (exact) mass is 1710 g/mol. The molecule has 0 spiro atoms. The van der Waals surface area contributed by atoms with E-state index in [-0.39, 0.29) is 88.1 Å². The quantitative estimate of drug-likeness (QED) is 0.0344. The third-order valence-corrected chi connectivity index (χ3v) is 25.6. The van der Waals surface area contributed by atoms with E-state index in [0.29, 0.717) is 57.5 Å². The predicted molar refractivity (Wildman–Crippen MR) is 479 cm³/mol. The van der Waals surface area contributed by atoms with Crippen LogP contribution < -0.4 is 0 Å². The van der Waals surface area contributed by atoms with Crippen molar-refractivity contribution < 1.29 is 87.8 Å². The molecule has 12 rings (SSSR count). The molecule has 6 heterocycles. The number of phenols is 6. The van der Waals surface area contributed by atoms with Gasteiger partial charge in [0, 0.05) is 67.8 Å². The Labute approximate surface area is 732 Å². The molecule has 0 bridgehead atoms. The van der Waals surface area contributed by atoms with Crippen molar-refractivity contribution in [3.05, 3.63) is 179 Å². The van der Waals surface area contributed by atoms with Gasteiger partial charge in [-0.3, -0.25) is 28.8 Å². The van der Waals surface area contributed by atoms with Crippen LogP contribution in [0.5, 0.6) is 34.5 Å². The maximum Gasteiger partial charge on any atom is 0.316 e. The van der Waals surface area contributed by atoms with E-state index in [4.69, 9.17) is 28.4 Å². The third kappa shape index (κ3) is 26.9. The van der Waals surface area contributed by atoms with Gasteiger partial charge in [0.1, 0.15) is 51.3 Å². The van der Waals surface area contributed by atoms with Crippen molar-refractivity contribution in [3.8, 4) is 34.5 Å². The lowest BCUT2D eigenvalue weighted by atomic mass is 9.74. The second kappa shape index (κ2) is 48.3. The number of aromatic hydroxyl groups is 6. The Hall–Kier alpha value is -9.30. The molecule has 24 nitrogen and oxygen atoms in total. The molecule has 9 unspecified atom stereocenters. The van der Waals surface area contributed by atoms with Crippen LogP contribution in [0.3, 0.4) is 0 Å². The van der Waals surface area contributed by atoms with E-state index < -0.39 is 33.0 Å². The topological polar surface area (TPSA) is 299 Å². The fourth-order valence-corrected chi connectivity index (χ4v) is 18.6. The predicted octanol–water partition coefficient (Wildman–Crippen LogP) is 15.6. The summed E-state index contributed by atoms with van der Waals surface area (Å²) < 4.78 is 33.8. The van der Waals surface area contributed by atoms with Crippen LogP contribution in [-0.4, -0.2) is 236 Å². The molecule has 6 aliphatic rings. The number of phenolic OH excluding ortho intramolecular Hbond substituents is 6. The van der Waals surface area contributed by atoms with Crippen LogP contribution in [0.2, 0.25) is 0 Å². The molecule has 6 aromatic carbocycles. The van der Waals surface area contributed by atoms with E-state index in [9.17, 15) is 59.4 Å². The Morgan fingerprint density at radius 2 is 0.618 bits per heavy atom. The molecule has 0 aromatic heterocycles. The molecule has 24 heteroatoms. The standard InChI is InChI=1S/3C17H25NO3.3C16H23NO3/c1-4-16(20)21-17(14-6-8-15(19)9-7-14)10-5-11-18(3)12-13(17)2;1-4-16(20)21-17(14-7-5-8-15(19)11-14)9-6-10-18(3)12-13(17)2;1-4-16(20)21-17(14-8-5-6-9-15(14)19)10-7-11-18(3)12-13(17)2;1-3-20-15(19)16(9-4-11-17(2)12-10-16)13-5-7-14(18)8-6-13;1-3-20-15(19)16(8-5-10-17(2)11-9-16)13-6-4-7-14(18)12-13;1-3-20-15(19)16(9-6-11-17(2)12-10-16)13-7-4-5-8-14(13)18/h6-9,13,19H,4-5,10-12H2,1-3H3;5,7-8,11,13,19H,4,6,9-10,12H2,1-3H3;5-6,8-9,13,19H,4,7,10-12H2,1-3H3;5-8,18H,3-4,9-12H2,1-2H3;4,6-7,12,18H,3,5,8-11H2,1-2H3;4-5,7-8,18H,3,6,9-12H2,1-2H3. The number of carbonyl (C=O) groups excluding carboxylic acids is 6. The number of hydrogen-bond donors (Lipinski definition) is 6. The van der Waals surface area contributed by atoms with Gasteiger partial charge in [0.15, 0.2) is 0 Å². The second-order valence-corrected chi connectivity index (χ2v) is 34.6. The Balaban J connectivity index is 0.000000203. The highest BCUT2D eigenvalue weighted by Gasteiger charge is 2.50. The van der Waals surface area contributed by atoms with E-state index in [1.165, 1.54) is 0 Å². The molecule has 6 aromatic rings. The third-order valence-electron chi connectivity index (χ3n) is 25.6. The normalized spacial score (nSPS) is 25.6. The van der Waals surface area contributed by atoms with Gasteiger partial charge < -0.3 is 88.5 Å². The number of carbonyl (C=O) groups is 6. The smallest absolute Gasteiger partial charge is 0.316 e. The van der Waals surface area contributed by atoms with E-state index in [1.807, 2.05) is 101 Å². The minimum atomic E-state index is -0.733. The van der Waals surface area contributed by atoms with Gasteiger partial charge in [0.25, 0.3) is 0 Å². The molecule has 6 aliphatic heterocycles. The van der Waals surface area contributed by atoms with Crippen LogP contribution >= 0.6 is 0 Å². The highest BCUT2D eigenvalue weighted by atomic mass is 16.6. The van der Waals surface area contributed by atoms with Crippen molar-refractivity contribution in [1.29, 1.82) is 0 Å². The van der Waals surface area contributed by atoms with Crippen molar-refractivity contribution in [1.82, 2.24) is 29.4 Å². The number of hydrogen-bond acceptors (Lipinski definition) is 24. The van der Waals surface area contributed by atoms with Gasteiger partial charge in [0.05, 0.1) is 36.1 Å². The molecule has 9 atom stereocenters. The molecule has 0 amide bonds. The van der Waals surface area contributed by atoms with Gasteiger partial charge in [0.2, 0.25) is 0 Å². The SMILES string of the molecule is CCC(=O)OC1(c2ccc(O)cc2)CCCN(C)CC1C.CCC(=O)OC1(c2cccc(O)c2)CCCN(C)CC1C.CCC(=O)OC1(c2ccccc2O)CCCN(C)CC1C.CCOC(=O)C1(c2ccc(O)cc2)CCCN(C)CC1.CCOC(=O)C1(c2cccc(O)c2)CCCN(C)CC1.CCOC(=O)C1(c2ccccc2O)CCCN(C)CC1. The molecular formula is C99H144N6O18. The Morgan fingerprint density at radius 3 is 1.02 bits per heavy atom. The molecule has 0 aliphatic carbocycles. The number of benzene rings is 6. The van der Waals surface area contributed by atoms with Crippen LogP contribution in [0.25, 0.3) is 0 Å². The highest BCUT2D eigenvalue weighted by Crippen LogP contribution is 2.48. The first-order valence-electron chi connectivity index (χ1n) is 44.7. The zero-order valence-corrected chi connectivity index (χ0v) is 76.2. The van der Waals surface area contributed by atoms with Crippen LogP contribution in [0, 0.1) is 17.8 Å². The highest BCUT2D eigenvalue weighted by molar-refractivity contribution is 5.85. The largest absolute Gasteiger partial charge is 0.508 e. The molecule has 678 valence electrons. The maximum atomic E-state index is 12.6. The summed E-state index contributed by atoms with van der Waals surface area (Å²) in [5.41, 5.74) is 1.24. The number of rotatable bonds is 18. The van der Waals surface area contributed by atoms with Crippen molar-refractivity contribution in [3.63, 3.8) is 0 Å².